The molecule has 6 nitrogen and oxygen atoms in total. The van der Waals surface area contributed by atoms with Crippen LogP contribution in [0.15, 0.2) is 11.4 Å². The van der Waals surface area contributed by atoms with E-state index in [1.807, 2.05) is 13.8 Å². The van der Waals surface area contributed by atoms with E-state index in [2.05, 4.69) is 20.6 Å². The lowest BCUT2D eigenvalue weighted by atomic mass is 10.2. The summed E-state index contributed by atoms with van der Waals surface area (Å²) >= 11 is 7.22. The first-order chi connectivity index (χ1) is 9.08. The molecule has 102 valence electrons. The molecule has 1 amide bonds. The number of tetrazole rings is 1. The lowest BCUT2D eigenvalue weighted by Gasteiger charge is -2.25. The first kappa shape index (κ1) is 14.0. The highest BCUT2D eigenvalue weighted by atomic mass is 35.5. The Morgan fingerprint density at radius 2 is 2.37 bits per heavy atom. The molecule has 2 rings (SSSR count). The molecule has 0 radical (unpaired) electrons. The van der Waals surface area contributed by atoms with E-state index in [4.69, 9.17) is 11.6 Å². The molecule has 19 heavy (non-hydrogen) atoms. The van der Waals surface area contributed by atoms with Crippen molar-refractivity contribution >= 4 is 28.8 Å². The van der Waals surface area contributed by atoms with Crippen LogP contribution < -0.4 is 0 Å². The zero-order valence-electron chi connectivity index (χ0n) is 10.6. The third-order valence-corrected chi connectivity index (χ3v) is 3.76. The van der Waals surface area contributed by atoms with Crippen molar-refractivity contribution < 1.29 is 4.79 Å². The van der Waals surface area contributed by atoms with E-state index < -0.39 is 0 Å². The van der Waals surface area contributed by atoms with Gasteiger partial charge in [0.1, 0.15) is 0 Å². The largest absolute Gasteiger partial charge is 0.336 e. The number of aromatic nitrogens is 4. The van der Waals surface area contributed by atoms with Gasteiger partial charge in [-0.15, -0.1) is 21.5 Å². The van der Waals surface area contributed by atoms with Crippen molar-refractivity contribution in [3.05, 3.63) is 27.2 Å². The number of carbonyl (C=O) groups is 1. The van der Waals surface area contributed by atoms with Crippen molar-refractivity contribution in [3.63, 3.8) is 0 Å². The Morgan fingerprint density at radius 3 is 2.89 bits per heavy atom. The van der Waals surface area contributed by atoms with Gasteiger partial charge in [-0.2, -0.15) is 5.21 Å². The molecule has 2 heterocycles. The molecule has 2 aromatic rings. The van der Waals surface area contributed by atoms with Crippen LogP contribution in [0.4, 0.5) is 0 Å². The minimum absolute atomic E-state index is 0.0263. The van der Waals surface area contributed by atoms with Crippen LogP contribution in [0.25, 0.3) is 0 Å². The van der Waals surface area contributed by atoms with E-state index in [1.165, 1.54) is 11.3 Å². The number of hydrogen-bond acceptors (Lipinski definition) is 5. The van der Waals surface area contributed by atoms with Crippen LogP contribution >= 0.6 is 22.9 Å². The standard InChI is InChI=1S/C11H14ClN5OS/c1-7(2)17(4-3-10-13-15-16-14-10)11(18)8-5-9(12)19-6-8/h5-7H,3-4H2,1-2H3,(H,13,14,15,16). The maximum atomic E-state index is 12.4. The Kier molecular flexibility index (Phi) is 4.49. The van der Waals surface area contributed by atoms with Gasteiger partial charge >= 0.3 is 0 Å². The average molecular weight is 300 g/mol. The summed E-state index contributed by atoms with van der Waals surface area (Å²) in [7, 11) is 0. The summed E-state index contributed by atoms with van der Waals surface area (Å²) in [5.74, 6) is 0.573. The van der Waals surface area contributed by atoms with Crippen molar-refractivity contribution in [2.75, 3.05) is 6.54 Å². The summed E-state index contributed by atoms with van der Waals surface area (Å²) in [5.41, 5.74) is 0.622. The molecule has 1 N–H and O–H groups in total. The summed E-state index contributed by atoms with van der Waals surface area (Å²) in [6.45, 7) is 4.49. The lowest BCUT2D eigenvalue weighted by Crippen LogP contribution is -2.38. The van der Waals surface area contributed by atoms with Crippen LogP contribution in [0.3, 0.4) is 0 Å². The van der Waals surface area contributed by atoms with Gasteiger partial charge in [-0.1, -0.05) is 16.8 Å². The fourth-order valence-electron chi connectivity index (χ4n) is 1.69. The molecule has 0 atom stereocenters. The number of H-pyrrole nitrogens is 1. The molecule has 0 spiro atoms. The van der Waals surface area contributed by atoms with Crippen molar-refractivity contribution in [2.24, 2.45) is 0 Å². The first-order valence-corrected chi connectivity index (χ1v) is 7.11. The molecule has 0 saturated carbocycles. The summed E-state index contributed by atoms with van der Waals surface area (Å²) in [6, 6.07) is 1.79. The summed E-state index contributed by atoms with van der Waals surface area (Å²) in [6.07, 6.45) is 0.568. The third-order valence-electron chi connectivity index (χ3n) is 2.66. The number of amides is 1. The number of hydrogen-bond donors (Lipinski definition) is 1. The predicted molar refractivity (Wildman–Crippen MR) is 73.4 cm³/mol. The van der Waals surface area contributed by atoms with Gasteiger partial charge in [0.05, 0.1) is 9.90 Å². The number of nitrogens with one attached hydrogen (secondary N) is 1. The van der Waals surface area contributed by atoms with E-state index in [0.29, 0.717) is 28.7 Å². The van der Waals surface area contributed by atoms with Gasteiger partial charge < -0.3 is 4.90 Å². The third kappa shape index (κ3) is 3.51. The normalized spacial score (nSPS) is 10.9. The number of aromatic amines is 1. The zero-order valence-corrected chi connectivity index (χ0v) is 12.2. The van der Waals surface area contributed by atoms with Crippen molar-refractivity contribution in [1.82, 2.24) is 25.5 Å². The number of carbonyl (C=O) groups excluding carboxylic acids is 1. The molecule has 0 saturated heterocycles. The molecular weight excluding hydrogens is 286 g/mol. The maximum absolute atomic E-state index is 12.4. The second kappa shape index (κ2) is 6.12. The highest BCUT2D eigenvalue weighted by Crippen LogP contribution is 2.21. The van der Waals surface area contributed by atoms with Gasteiger partial charge in [0.2, 0.25) is 0 Å². The maximum Gasteiger partial charge on any atom is 0.254 e. The van der Waals surface area contributed by atoms with Gasteiger partial charge in [-0.05, 0) is 19.9 Å². The molecule has 8 heteroatoms. The number of nitrogens with zero attached hydrogens (tertiary/aromatic N) is 4. The fourth-order valence-corrected chi connectivity index (χ4v) is 2.55. The van der Waals surface area contributed by atoms with E-state index in [-0.39, 0.29) is 11.9 Å². The van der Waals surface area contributed by atoms with Crippen LogP contribution in [0, 0.1) is 0 Å². The van der Waals surface area contributed by atoms with Crippen LogP contribution in [-0.4, -0.2) is 44.0 Å². The van der Waals surface area contributed by atoms with Crippen molar-refractivity contribution in [3.8, 4) is 0 Å². The highest BCUT2D eigenvalue weighted by molar-refractivity contribution is 7.14. The van der Waals surface area contributed by atoms with E-state index in [9.17, 15) is 4.79 Å². The smallest absolute Gasteiger partial charge is 0.254 e. The Balaban J connectivity index is 2.05. The molecule has 0 fully saturated rings. The predicted octanol–water partition coefficient (Wildman–Crippen LogP) is 2.01. The van der Waals surface area contributed by atoms with Gasteiger partial charge in [0.15, 0.2) is 5.82 Å². The van der Waals surface area contributed by atoms with Crippen LogP contribution in [0.1, 0.15) is 30.0 Å². The monoisotopic (exact) mass is 299 g/mol. The minimum Gasteiger partial charge on any atom is -0.336 e. The van der Waals surface area contributed by atoms with Crippen LogP contribution in [-0.2, 0) is 6.42 Å². The summed E-state index contributed by atoms with van der Waals surface area (Å²) < 4.78 is 0.616. The van der Waals surface area contributed by atoms with Crippen LogP contribution in [0.2, 0.25) is 4.34 Å². The molecule has 0 bridgehead atoms. The molecule has 0 unspecified atom stereocenters. The Hall–Kier alpha value is -1.47. The second-order valence-electron chi connectivity index (χ2n) is 4.31. The van der Waals surface area contributed by atoms with Gasteiger partial charge in [0.25, 0.3) is 5.91 Å². The average Bonchev–Trinajstić information content (AvgIpc) is 2.99. The van der Waals surface area contributed by atoms with Gasteiger partial charge in [0, 0.05) is 24.4 Å². The van der Waals surface area contributed by atoms with Crippen LogP contribution in [0.5, 0.6) is 0 Å². The van der Waals surface area contributed by atoms with Crippen molar-refractivity contribution in [1.29, 1.82) is 0 Å². The topological polar surface area (TPSA) is 74.8 Å². The second-order valence-corrected chi connectivity index (χ2v) is 5.85. The Labute approximate surface area is 119 Å². The van der Waals surface area contributed by atoms with E-state index in [0.717, 1.165) is 0 Å². The molecule has 0 aliphatic rings. The lowest BCUT2D eigenvalue weighted by molar-refractivity contribution is 0.0708. The minimum atomic E-state index is -0.0263. The first-order valence-electron chi connectivity index (χ1n) is 5.85. The summed E-state index contributed by atoms with van der Waals surface area (Å²) in [4.78, 5) is 14.1. The fraction of sp³-hybridized carbons (Fsp3) is 0.455. The summed E-state index contributed by atoms with van der Waals surface area (Å²) in [5, 5.41) is 15.4. The Bertz CT molecular complexity index is 539. The molecule has 0 aromatic carbocycles. The number of thiophene rings is 1. The molecule has 2 aromatic heterocycles. The van der Waals surface area contributed by atoms with Crippen molar-refractivity contribution in [2.45, 2.75) is 26.3 Å². The van der Waals surface area contributed by atoms with Gasteiger partial charge in [-0.3, -0.25) is 4.79 Å². The number of halogens is 1. The SMILES string of the molecule is CC(C)N(CCc1nn[nH]n1)C(=O)c1csc(Cl)c1. The highest BCUT2D eigenvalue weighted by Gasteiger charge is 2.20. The molecular formula is C11H14ClN5OS. The Morgan fingerprint density at radius 1 is 1.58 bits per heavy atom. The number of rotatable bonds is 5. The van der Waals surface area contributed by atoms with Gasteiger partial charge in [-0.25, -0.2) is 0 Å². The quantitative estimate of drug-likeness (QED) is 0.916. The van der Waals surface area contributed by atoms with E-state index in [1.54, 1.807) is 16.3 Å². The van der Waals surface area contributed by atoms with E-state index >= 15 is 0 Å². The molecule has 0 aliphatic carbocycles. The zero-order chi connectivity index (χ0) is 13.8. The molecule has 0 aliphatic heterocycles.